The molecule has 2 unspecified atom stereocenters. The van der Waals surface area contributed by atoms with Gasteiger partial charge in [0.05, 0.1) is 0 Å². The Labute approximate surface area is 165 Å². The standard InChI is InChI=1S/C20H28P2.2C2H6/c1-11-15(5)21-9-19(11,7)13(3)17(21)18-14(4)20(8)10-22(18)16(6)12(20)2;2*1-2/h9-10H2,1-8H3;2*1-2H3/t19-,20-,21?,22?;;/m1../s1. The summed E-state index contributed by atoms with van der Waals surface area (Å²) < 4.78 is 0. The number of rotatable bonds is 1. The highest BCUT2D eigenvalue weighted by Gasteiger charge is 2.55. The maximum atomic E-state index is 2.50. The van der Waals surface area contributed by atoms with Gasteiger partial charge in [0, 0.05) is 10.8 Å². The van der Waals surface area contributed by atoms with Crippen LogP contribution in [0, 0.1) is 10.8 Å². The number of allylic oxidation sites excluding steroid dienone is 8. The van der Waals surface area contributed by atoms with Crippen molar-refractivity contribution in [3.05, 3.63) is 43.5 Å². The van der Waals surface area contributed by atoms with Crippen molar-refractivity contribution in [2.75, 3.05) is 12.3 Å². The molecule has 0 aromatic heterocycles. The highest BCUT2D eigenvalue weighted by atomic mass is 31.1. The highest BCUT2D eigenvalue weighted by Crippen LogP contribution is 2.82. The topological polar surface area (TPSA) is 0 Å². The molecule has 146 valence electrons. The van der Waals surface area contributed by atoms with Gasteiger partial charge in [0.15, 0.2) is 0 Å². The second-order valence-corrected chi connectivity index (χ2v) is 12.8. The zero-order valence-electron chi connectivity index (χ0n) is 19.3. The third kappa shape index (κ3) is 2.54. The Morgan fingerprint density at radius 3 is 1.04 bits per heavy atom. The van der Waals surface area contributed by atoms with Crippen molar-refractivity contribution in [1.82, 2.24) is 0 Å². The fourth-order valence-corrected chi connectivity index (χ4v) is 13.0. The molecule has 4 heterocycles. The maximum Gasteiger partial charge on any atom is 0.0148 e. The average Bonchev–Trinajstić information content (AvgIpc) is 3.23. The van der Waals surface area contributed by atoms with E-state index in [2.05, 4.69) is 55.4 Å². The summed E-state index contributed by atoms with van der Waals surface area (Å²) in [6.45, 7) is 27.5. The Hall–Kier alpha value is -0.180. The normalized spacial score (nSPS) is 37.4. The Kier molecular flexibility index (Phi) is 6.24. The van der Waals surface area contributed by atoms with Crippen LogP contribution in [0.4, 0.5) is 0 Å². The molecule has 0 amide bonds. The molecule has 4 rings (SSSR count). The molecule has 0 spiro atoms. The third-order valence-electron chi connectivity index (χ3n) is 7.63. The second kappa shape index (κ2) is 7.33. The van der Waals surface area contributed by atoms with Gasteiger partial charge in [-0.2, -0.15) is 0 Å². The molecular formula is C24H40P2. The molecule has 4 atom stereocenters. The van der Waals surface area contributed by atoms with Gasteiger partial charge >= 0.3 is 0 Å². The summed E-state index contributed by atoms with van der Waals surface area (Å²) >= 11 is 0. The van der Waals surface area contributed by atoms with E-state index in [9.17, 15) is 0 Å². The molecule has 0 aromatic rings. The molecule has 0 saturated heterocycles. The minimum absolute atomic E-state index is 0.0309. The van der Waals surface area contributed by atoms with Crippen LogP contribution in [0.5, 0.6) is 0 Å². The third-order valence-corrected chi connectivity index (χ3v) is 14.2. The van der Waals surface area contributed by atoms with Gasteiger partial charge in [-0.25, -0.2) is 0 Å². The molecule has 0 fully saturated rings. The Balaban J connectivity index is 0.000000570. The minimum Gasteiger partial charge on any atom is -0.0683 e. The van der Waals surface area contributed by atoms with Crippen LogP contribution < -0.4 is 0 Å². The molecule has 0 N–H and O–H groups in total. The van der Waals surface area contributed by atoms with E-state index in [-0.39, 0.29) is 15.8 Å². The van der Waals surface area contributed by atoms with Crippen molar-refractivity contribution in [2.45, 2.75) is 83.1 Å². The smallest absolute Gasteiger partial charge is 0.0148 e. The molecule has 26 heavy (non-hydrogen) atoms. The maximum absolute atomic E-state index is 2.50. The van der Waals surface area contributed by atoms with Gasteiger partial charge in [0.1, 0.15) is 0 Å². The zero-order chi connectivity index (χ0) is 20.2. The SMILES string of the molecule is CC.CC.CC1=C(C)[C@@]2(C)CP1C(C1=C(C)[C@]3(C)CP1C(C)=C3C)=C2C. The molecule has 0 aromatic carbocycles. The predicted molar refractivity (Wildman–Crippen MR) is 125 cm³/mol. The van der Waals surface area contributed by atoms with E-state index in [1.807, 2.05) is 38.3 Å². The van der Waals surface area contributed by atoms with Crippen LogP contribution in [0.15, 0.2) is 43.5 Å². The quantitative estimate of drug-likeness (QED) is 0.391. The average molecular weight is 391 g/mol. The van der Waals surface area contributed by atoms with Gasteiger partial charge in [0.2, 0.25) is 0 Å². The summed E-state index contributed by atoms with van der Waals surface area (Å²) in [5.74, 6) is 0. The first-order chi connectivity index (χ1) is 12.1. The summed E-state index contributed by atoms with van der Waals surface area (Å²) in [4.78, 5) is 0. The van der Waals surface area contributed by atoms with Gasteiger partial charge < -0.3 is 0 Å². The summed E-state index contributed by atoms with van der Waals surface area (Å²) in [6, 6.07) is 0. The first-order valence-electron chi connectivity index (χ1n) is 10.5. The number of fused-ring (bicyclic) bond motifs is 4. The minimum atomic E-state index is -0.0309. The summed E-state index contributed by atoms with van der Waals surface area (Å²) in [5, 5.41) is 7.14. The Morgan fingerprint density at radius 1 is 0.538 bits per heavy atom. The van der Waals surface area contributed by atoms with E-state index in [0.29, 0.717) is 10.8 Å². The van der Waals surface area contributed by atoms with Crippen LogP contribution >= 0.6 is 15.8 Å². The lowest BCUT2D eigenvalue weighted by Crippen LogP contribution is -2.19. The van der Waals surface area contributed by atoms with E-state index in [0.717, 1.165) is 0 Å². The van der Waals surface area contributed by atoms with E-state index in [4.69, 9.17) is 0 Å². The summed E-state index contributed by atoms with van der Waals surface area (Å²) in [6.07, 6.45) is 2.80. The first-order valence-corrected chi connectivity index (χ1v) is 13.5. The first kappa shape index (κ1) is 22.1. The van der Waals surface area contributed by atoms with Crippen LogP contribution in [0.3, 0.4) is 0 Å². The monoisotopic (exact) mass is 390 g/mol. The summed E-state index contributed by atoms with van der Waals surface area (Å²) in [5.41, 5.74) is 7.57. The van der Waals surface area contributed by atoms with Gasteiger partial charge in [0.25, 0.3) is 0 Å². The molecule has 0 nitrogen and oxygen atoms in total. The fraction of sp³-hybridized carbons (Fsp3) is 0.667. The van der Waals surface area contributed by atoms with E-state index in [1.54, 1.807) is 32.9 Å². The molecule has 4 aliphatic heterocycles. The Morgan fingerprint density at radius 2 is 0.808 bits per heavy atom. The second-order valence-electron chi connectivity index (χ2n) is 8.20. The van der Waals surface area contributed by atoms with Crippen molar-refractivity contribution >= 4 is 15.8 Å². The summed E-state index contributed by atoms with van der Waals surface area (Å²) in [7, 11) is -0.0618. The van der Waals surface area contributed by atoms with Gasteiger partial charge in [-0.1, -0.05) is 63.8 Å². The van der Waals surface area contributed by atoms with Crippen molar-refractivity contribution in [3.8, 4) is 0 Å². The Bertz CT molecular complexity index is 682. The lowest BCUT2D eigenvalue weighted by atomic mass is 9.76. The largest absolute Gasteiger partial charge is 0.0683 e. The molecule has 0 saturated carbocycles. The number of hydrogen-bond acceptors (Lipinski definition) is 0. The molecule has 4 bridgehead atoms. The molecule has 4 aliphatic rings. The molecule has 0 aliphatic carbocycles. The van der Waals surface area contributed by atoms with Crippen LogP contribution in [-0.2, 0) is 0 Å². The van der Waals surface area contributed by atoms with Crippen molar-refractivity contribution in [2.24, 2.45) is 10.8 Å². The molecule has 2 heteroatoms. The fourth-order valence-electron chi connectivity index (χ4n) is 5.14. The van der Waals surface area contributed by atoms with Gasteiger partial charge in [-0.15, -0.1) is 0 Å². The molecule has 0 radical (unpaired) electrons. The molecular weight excluding hydrogens is 350 g/mol. The van der Waals surface area contributed by atoms with Crippen molar-refractivity contribution in [3.63, 3.8) is 0 Å². The van der Waals surface area contributed by atoms with Crippen LogP contribution in [0.2, 0.25) is 0 Å². The predicted octanol–water partition coefficient (Wildman–Crippen LogP) is 9.21. The lowest BCUT2D eigenvalue weighted by Gasteiger charge is -2.32. The van der Waals surface area contributed by atoms with E-state index < -0.39 is 0 Å². The zero-order valence-corrected chi connectivity index (χ0v) is 21.1. The number of hydrogen-bond donors (Lipinski definition) is 0. The van der Waals surface area contributed by atoms with Crippen molar-refractivity contribution in [1.29, 1.82) is 0 Å². The van der Waals surface area contributed by atoms with Crippen LogP contribution in [-0.4, -0.2) is 12.3 Å². The van der Waals surface area contributed by atoms with E-state index >= 15 is 0 Å². The van der Waals surface area contributed by atoms with Crippen LogP contribution in [0.25, 0.3) is 0 Å². The van der Waals surface area contributed by atoms with E-state index in [1.165, 1.54) is 12.3 Å². The van der Waals surface area contributed by atoms with Crippen molar-refractivity contribution < 1.29 is 0 Å². The van der Waals surface area contributed by atoms with Gasteiger partial charge in [-0.05, 0) is 91.0 Å². The van der Waals surface area contributed by atoms with Gasteiger partial charge in [-0.3, -0.25) is 0 Å². The lowest BCUT2D eigenvalue weighted by molar-refractivity contribution is 0.557. The van der Waals surface area contributed by atoms with Crippen LogP contribution in [0.1, 0.15) is 83.1 Å². The highest BCUT2D eigenvalue weighted by molar-refractivity contribution is 7.73.